The van der Waals surface area contributed by atoms with Crippen LogP contribution in [-0.2, 0) is 0 Å². The number of aliphatic hydroxyl groups is 1. The summed E-state index contributed by atoms with van der Waals surface area (Å²) in [6.45, 7) is 4.43. The van der Waals surface area contributed by atoms with E-state index < -0.39 is 11.4 Å². The van der Waals surface area contributed by atoms with Crippen LogP contribution in [0.5, 0.6) is 5.75 Å². The molecule has 2 atom stereocenters. The van der Waals surface area contributed by atoms with Gasteiger partial charge in [-0.15, -0.1) is 0 Å². The molecule has 1 aromatic carbocycles. The third kappa shape index (κ3) is 5.55. The number of carbonyl (C=O) groups excluding carboxylic acids is 1. The second kappa shape index (κ2) is 9.54. The number of nitrogens with zero attached hydrogens (tertiary/aromatic N) is 2. The molecule has 1 aliphatic heterocycles. The zero-order valence-electron chi connectivity index (χ0n) is 17.4. The molecule has 172 valence electrons. The molecule has 7 nitrogen and oxygen atoms in total. The lowest BCUT2D eigenvalue weighted by atomic mass is 10.1. The molecular weight excluding hydrogens is 515 g/mol. The molecule has 0 spiro atoms. The van der Waals surface area contributed by atoms with E-state index in [-0.39, 0.29) is 11.7 Å². The van der Waals surface area contributed by atoms with Gasteiger partial charge in [0.25, 0.3) is 5.91 Å². The highest BCUT2D eigenvalue weighted by molar-refractivity contribution is 9.10. The molecule has 1 fully saturated rings. The molecule has 1 unspecified atom stereocenters. The van der Waals surface area contributed by atoms with Gasteiger partial charge < -0.3 is 25.0 Å². The first-order chi connectivity index (χ1) is 15.7. The van der Waals surface area contributed by atoms with Crippen molar-refractivity contribution in [1.29, 1.82) is 0 Å². The van der Waals surface area contributed by atoms with Gasteiger partial charge in [-0.05, 0) is 76.4 Å². The maximum atomic E-state index is 13.7. The largest absolute Gasteiger partial charge is 0.442 e. The van der Waals surface area contributed by atoms with Gasteiger partial charge in [0.2, 0.25) is 0 Å². The van der Waals surface area contributed by atoms with Crippen LogP contribution in [0.2, 0.25) is 0 Å². The minimum absolute atomic E-state index is 0.184. The number of alkyl halides is 2. The lowest BCUT2D eigenvalue weighted by Gasteiger charge is -2.20. The maximum absolute atomic E-state index is 13.7. The predicted molar refractivity (Wildman–Crippen MR) is 129 cm³/mol. The Labute approximate surface area is 203 Å². The minimum atomic E-state index is -2.51. The van der Waals surface area contributed by atoms with Crippen LogP contribution in [0.25, 0.3) is 11.3 Å². The van der Waals surface area contributed by atoms with Crippen molar-refractivity contribution in [3.8, 4) is 17.0 Å². The molecule has 0 aliphatic carbocycles. The number of nitrogens with one attached hydrogen (secondary N) is 2. The standard InChI is InChI=1S/C23H21BrClFN4O3/c1-2-23(25,26)33-17-5-3-15(4-6-17)28-22(32)14-11-18(19-7-8-20(24)29-19)21(27-12-14)30-10-9-16(31)13-30/h2-8,11-12,16,29,31H,1,9-10,13H2,(H,28,32)/t16-,23?/m1/s1. The number of H-pyrrole nitrogens is 1. The van der Waals surface area contributed by atoms with Gasteiger partial charge in [-0.3, -0.25) is 4.79 Å². The Hall–Kier alpha value is -2.88. The molecule has 1 aliphatic rings. The van der Waals surface area contributed by atoms with Crippen LogP contribution in [-0.4, -0.2) is 45.5 Å². The number of benzene rings is 1. The van der Waals surface area contributed by atoms with Gasteiger partial charge in [-0.2, -0.15) is 4.39 Å². The molecule has 0 saturated carbocycles. The van der Waals surface area contributed by atoms with Gasteiger partial charge in [-0.25, -0.2) is 4.98 Å². The number of pyridine rings is 1. The average Bonchev–Trinajstić information content (AvgIpc) is 3.42. The molecule has 4 rings (SSSR count). The number of aromatic nitrogens is 2. The highest BCUT2D eigenvalue weighted by Crippen LogP contribution is 2.33. The number of aromatic amines is 1. The summed E-state index contributed by atoms with van der Waals surface area (Å²) < 4.78 is 19.5. The summed E-state index contributed by atoms with van der Waals surface area (Å²) in [6, 6.07) is 11.6. The van der Waals surface area contributed by atoms with Crippen molar-refractivity contribution in [2.45, 2.75) is 17.8 Å². The average molecular weight is 536 g/mol. The SMILES string of the molecule is C=CC(F)(Cl)Oc1ccc(NC(=O)c2cnc(N3CC[C@@H](O)C3)c(-c3ccc(Br)[nH]3)c2)cc1. The molecule has 10 heteroatoms. The van der Waals surface area contributed by atoms with E-state index in [0.29, 0.717) is 36.6 Å². The normalized spacial score (nSPS) is 17.5. The number of rotatable bonds is 7. The van der Waals surface area contributed by atoms with Crippen LogP contribution in [0.4, 0.5) is 15.9 Å². The van der Waals surface area contributed by atoms with Crippen molar-refractivity contribution in [1.82, 2.24) is 9.97 Å². The maximum Gasteiger partial charge on any atom is 0.347 e. The number of aliphatic hydroxyl groups excluding tert-OH is 1. The number of hydrogen-bond donors (Lipinski definition) is 3. The molecule has 3 N–H and O–H groups in total. The minimum Gasteiger partial charge on any atom is -0.442 e. The molecule has 1 saturated heterocycles. The van der Waals surface area contributed by atoms with Crippen molar-refractivity contribution in [2.24, 2.45) is 0 Å². The van der Waals surface area contributed by atoms with E-state index in [1.54, 1.807) is 18.2 Å². The monoisotopic (exact) mass is 534 g/mol. The number of ether oxygens (including phenoxy) is 1. The zero-order valence-corrected chi connectivity index (χ0v) is 19.7. The van der Waals surface area contributed by atoms with Gasteiger partial charge in [0.1, 0.15) is 11.6 Å². The molecule has 3 heterocycles. The van der Waals surface area contributed by atoms with Gasteiger partial charge in [0, 0.05) is 42.3 Å². The number of amides is 1. The number of halogens is 3. The first-order valence-electron chi connectivity index (χ1n) is 10.1. The van der Waals surface area contributed by atoms with E-state index in [1.165, 1.54) is 18.3 Å². The number of β-amino-alcohol motifs (C(OH)–C–C–N with tert-alkyl or cyclic N) is 1. The van der Waals surface area contributed by atoms with Crippen LogP contribution < -0.4 is 15.0 Å². The third-order valence-electron chi connectivity index (χ3n) is 5.14. The van der Waals surface area contributed by atoms with E-state index in [9.17, 15) is 14.3 Å². The Kier molecular flexibility index (Phi) is 6.73. The highest BCUT2D eigenvalue weighted by Gasteiger charge is 2.26. The van der Waals surface area contributed by atoms with Crippen molar-refractivity contribution in [2.75, 3.05) is 23.3 Å². The fourth-order valence-corrected chi connectivity index (χ4v) is 3.93. The van der Waals surface area contributed by atoms with Crippen LogP contribution in [0.15, 0.2) is 65.9 Å². The van der Waals surface area contributed by atoms with Crippen LogP contribution in [0, 0.1) is 0 Å². The topological polar surface area (TPSA) is 90.5 Å². The first kappa shape index (κ1) is 23.3. The Morgan fingerprint density at radius 2 is 2.15 bits per heavy atom. The molecule has 0 bridgehead atoms. The summed E-state index contributed by atoms with van der Waals surface area (Å²) in [5.41, 5.74) is 2.38. The van der Waals surface area contributed by atoms with Gasteiger partial charge in [0.05, 0.1) is 16.3 Å². The van der Waals surface area contributed by atoms with Gasteiger partial charge in [-0.1, -0.05) is 6.58 Å². The van der Waals surface area contributed by atoms with E-state index in [0.717, 1.165) is 21.9 Å². The van der Waals surface area contributed by atoms with E-state index in [1.807, 2.05) is 17.0 Å². The lowest BCUT2D eigenvalue weighted by Crippen LogP contribution is -2.23. The molecule has 1 amide bonds. The van der Waals surface area contributed by atoms with Gasteiger partial charge in [0.15, 0.2) is 0 Å². The summed E-state index contributed by atoms with van der Waals surface area (Å²) in [5, 5.41) is 10.2. The summed E-state index contributed by atoms with van der Waals surface area (Å²) in [5.74, 6) is 0.514. The molecule has 33 heavy (non-hydrogen) atoms. The second-order valence-corrected chi connectivity index (χ2v) is 8.92. The van der Waals surface area contributed by atoms with Gasteiger partial charge >= 0.3 is 5.31 Å². The lowest BCUT2D eigenvalue weighted by molar-refractivity contribution is 0.0690. The predicted octanol–water partition coefficient (Wildman–Crippen LogP) is 5.09. The Balaban J connectivity index is 1.56. The Bertz CT molecular complexity index is 1170. The second-order valence-electron chi connectivity index (χ2n) is 7.55. The molecule has 3 aromatic rings. The van der Waals surface area contributed by atoms with Crippen LogP contribution in [0.1, 0.15) is 16.8 Å². The number of hydrogen-bond acceptors (Lipinski definition) is 5. The summed E-state index contributed by atoms with van der Waals surface area (Å²) in [4.78, 5) is 22.6. The number of carbonyl (C=O) groups is 1. The fraction of sp³-hybridized carbons (Fsp3) is 0.217. The molecular formula is C23H21BrClFN4O3. The summed E-state index contributed by atoms with van der Waals surface area (Å²) in [6.07, 6.45) is 2.60. The first-order valence-corrected chi connectivity index (χ1v) is 11.3. The highest BCUT2D eigenvalue weighted by atomic mass is 79.9. The fourth-order valence-electron chi connectivity index (χ4n) is 3.50. The summed E-state index contributed by atoms with van der Waals surface area (Å²) in [7, 11) is 0. The van der Waals surface area contributed by atoms with E-state index in [2.05, 4.69) is 37.8 Å². The zero-order chi connectivity index (χ0) is 23.6. The third-order valence-corrected chi connectivity index (χ3v) is 5.83. The van der Waals surface area contributed by atoms with Crippen LogP contribution >= 0.6 is 27.5 Å². The summed E-state index contributed by atoms with van der Waals surface area (Å²) >= 11 is 8.90. The van der Waals surface area contributed by atoms with Crippen molar-refractivity contribution >= 4 is 44.9 Å². The Morgan fingerprint density at radius 3 is 2.76 bits per heavy atom. The van der Waals surface area contributed by atoms with E-state index in [4.69, 9.17) is 16.3 Å². The van der Waals surface area contributed by atoms with E-state index >= 15 is 0 Å². The molecule has 0 radical (unpaired) electrons. The van der Waals surface area contributed by atoms with Crippen molar-refractivity contribution in [3.05, 3.63) is 71.5 Å². The van der Waals surface area contributed by atoms with Crippen LogP contribution in [0.3, 0.4) is 0 Å². The molecule has 2 aromatic heterocycles. The smallest absolute Gasteiger partial charge is 0.347 e. The Morgan fingerprint density at radius 1 is 1.39 bits per heavy atom. The number of anilines is 2. The van der Waals surface area contributed by atoms with Crippen molar-refractivity contribution in [3.63, 3.8) is 0 Å². The quantitative estimate of drug-likeness (QED) is 0.290. The van der Waals surface area contributed by atoms with Crippen molar-refractivity contribution < 1.29 is 19.0 Å².